The molecule has 1 aliphatic heterocycles. The van der Waals surface area contributed by atoms with Crippen LogP contribution < -0.4 is 5.73 Å². The van der Waals surface area contributed by atoms with E-state index in [0.717, 1.165) is 32.5 Å². The number of nitrogens with zero attached hydrogens (tertiary/aromatic N) is 2. The second kappa shape index (κ2) is 6.20. The monoisotopic (exact) mass is 285 g/mol. The molecule has 1 aliphatic rings. The molecule has 0 bridgehead atoms. The number of thiazole rings is 1. The molecule has 0 aliphatic carbocycles. The lowest BCUT2D eigenvalue weighted by atomic mass is 10.2. The first-order valence-corrected chi connectivity index (χ1v) is 7.81. The molecule has 0 saturated carbocycles. The molecule has 1 aromatic heterocycles. The summed E-state index contributed by atoms with van der Waals surface area (Å²) in [5.41, 5.74) is 8.24. The van der Waals surface area contributed by atoms with Crippen molar-refractivity contribution < 1.29 is 0 Å². The average Bonchev–Trinajstić information content (AvgIpc) is 2.72. The Kier molecular flexibility index (Phi) is 4.14. The molecule has 0 radical (unpaired) electrons. The van der Waals surface area contributed by atoms with Gasteiger partial charge in [-0.3, -0.25) is 4.90 Å². The van der Waals surface area contributed by atoms with Crippen molar-refractivity contribution in [2.75, 3.05) is 25.4 Å². The van der Waals surface area contributed by atoms with Crippen molar-refractivity contribution >= 4 is 22.5 Å². The van der Waals surface area contributed by atoms with E-state index >= 15 is 0 Å². The second-order valence-corrected chi connectivity index (χ2v) is 6.15. The average molecular weight is 285 g/mol. The van der Waals surface area contributed by atoms with E-state index in [9.17, 15) is 0 Å². The summed E-state index contributed by atoms with van der Waals surface area (Å²) in [7, 11) is 0. The lowest BCUT2D eigenvalue weighted by molar-refractivity contribution is 0.318. The zero-order valence-corrected chi connectivity index (χ0v) is 12.3. The molecule has 0 amide bonds. The third kappa shape index (κ3) is 3.26. The van der Waals surface area contributed by atoms with Crippen LogP contribution in [0.25, 0.3) is 6.08 Å². The molecule has 0 fully saturated rings. The van der Waals surface area contributed by atoms with Gasteiger partial charge in [-0.15, -0.1) is 11.3 Å². The highest BCUT2D eigenvalue weighted by atomic mass is 32.1. The van der Waals surface area contributed by atoms with Gasteiger partial charge < -0.3 is 5.73 Å². The van der Waals surface area contributed by atoms with Crippen LogP contribution in [0.2, 0.25) is 0 Å². The van der Waals surface area contributed by atoms with Crippen molar-refractivity contribution in [1.82, 2.24) is 9.88 Å². The summed E-state index contributed by atoms with van der Waals surface area (Å²) < 4.78 is 0. The molecule has 2 N–H and O–H groups in total. The summed E-state index contributed by atoms with van der Waals surface area (Å²) in [4.78, 5) is 8.27. The second-order valence-electron chi connectivity index (χ2n) is 5.04. The van der Waals surface area contributed by atoms with Crippen LogP contribution in [0.3, 0.4) is 0 Å². The zero-order valence-electron chi connectivity index (χ0n) is 11.5. The van der Waals surface area contributed by atoms with Gasteiger partial charge in [-0.1, -0.05) is 42.5 Å². The van der Waals surface area contributed by atoms with Crippen molar-refractivity contribution in [3.8, 4) is 0 Å². The molecule has 0 spiro atoms. The minimum atomic E-state index is 0.715. The quantitative estimate of drug-likeness (QED) is 0.943. The normalized spacial score (nSPS) is 16.2. The molecule has 2 aromatic rings. The minimum Gasteiger partial charge on any atom is -0.375 e. The fraction of sp³-hybridized carbons (Fsp3) is 0.312. The van der Waals surface area contributed by atoms with Gasteiger partial charge in [-0.05, 0) is 12.0 Å². The van der Waals surface area contributed by atoms with E-state index in [1.54, 1.807) is 11.3 Å². The van der Waals surface area contributed by atoms with Gasteiger partial charge in [0.15, 0.2) is 5.13 Å². The molecule has 0 unspecified atom stereocenters. The van der Waals surface area contributed by atoms with Gasteiger partial charge in [0.25, 0.3) is 0 Å². The topological polar surface area (TPSA) is 42.1 Å². The SMILES string of the molecule is Nc1nc2c(s1)CCN(C/C=C/c1ccccc1)CC2. The summed E-state index contributed by atoms with van der Waals surface area (Å²) in [5, 5.41) is 0.715. The molecular formula is C16H19N3S. The Morgan fingerprint density at radius 2 is 2.00 bits per heavy atom. The van der Waals surface area contributed by atoms with Crippen LogP contribution in [0.5, 0.6) is 0 Å². The maximum absolute atomic E-state index is 5.77. The van der Waals surface area contributed by atoms with E-state index in [0.29, 0.717) is 5.13 Å². The van der Waals surface area contributed by atoms with Gasteiger partial charge in [0, 0.05) is 30.9 Å². The number of rotatable bonds is 3. The molecule has 2 heterocycles. The zero-order chi connectivity index (χ0) is 13.8. The van der Waals surface area contributed by atoms with E-state index in [-0.39, 0.29) is 0 Å². The van der Waals surface area contributed by atoms with Crippen molar-refractivity contribution in [3.63, 3.8) is 0 Å². The first-order valence-electron chi connectivity index (χ1n) is 6.99. The maximum atomic E-state index is 5.77. The van der Waals surface area contributed by atoms with Crippen LogP contribution in [0.1, 0.15) is 16.1 Å². The van der Waals surface area contributed by atoms with Gasteiger partial charge in [0.1, 0.15) is 0 Å². The fourth-order valence-corrected chi connectivity index (χ4v) is 3.38. The highest BCUT2D eigenvalue weighted by molar-refractivity contribution is 7.15. The number of aromatic nitrogens is 1. The van der Waals surface area contributed by atoms with Gasteiger partial charge in [-0.25, -0.2) is 4.98 Å². The number of fused-ring (bicyclic) bond motifs is 1. The number of hydrogen-bond donors (Lipinski definition) is 1. The highest BCUT2D eigenvalue weighted by Gasteiger charge is 2.16. The van der Waals surface area contributed by atoms with Crippen molar-refractivity contribution in [2.24, 2.45) is 0 Å². The number of nitrogen functional groups attached to an aromatic ring is 1. The van der Waals surface area contributed by atoms with Crippen molar-refractivity contribution in [3.05, 3.63) is 52.5 Å². The Morgan fingerprint density at radius 3 is 2.85 bits per heavy atom. The summed E-state index contributed by atoms with van der Waals surface area (Å²) >= 11 is 1.65. The third-order valence-electron chi connectivity index (χ3n) is 3.59. The lowest BCUT2D eigenvalue weighted by Gasteiger charge is -2.17. The molecular weight excluding hydrogens is 266 g/mol. The molecule has 3 nitrogen and oxygen atoms in total. The first-order chi connectivity index (χ1) is 9.81. The molecule has 1 aromatic carbocycles. The molecule has 4 heteroatoms. The Labute approximate surface area is 123 Å². The van der Waals surface area contributed by atoms with Crippen LogP contribution in [0.15, 0.2) is 36.4 Å². The van der Waals surface area contributed by atoms with Crippen LogP contribution in [-0.4, -0.2) is 29.5 Å². The van der Waals surface area contributed by atoms with E-state index in [1.165, 1.54) is 16.1 Å². The fourth-order valence-electron chi connectivity index (χ4n) is 2.51. The van der Waals surface area contributed by atoms with E-state index in [4.69, 9.17) is 5.73 Å². The van der Waals surface area contributed by atoms with Crippen LogP contribution in [0.4, 0.5) is 5.13 Å². The first kappa shape index (κ1) is 13.3. The third-order valence-corrected chi connectivity index (χ3v) is 4.57. The van der Waals surface area contributed by atoms with Crippen molar-refractivity contribution in [1.29, 1.82) is 0 Å². The Balaban J connectivity index is 1.55. The van der Waals surface area contributed by atoms with E-state index in [1.807, 2.05) is 6.07 Å². The molecule has 104 valence electrons. The van der Waals surface area contributed by atoms with Gasteiger partial charge >= 0.3 is 0 Å². The number of nitrogens with two attached hydrogens (primary N) is 1. The van der Waals surface area contributed by atoms with Crippen molar-refractivity contribution in [2.45, 2.75) is 12.8 Å². The summed E-state index contributed by atoms with van der Waals surface area (Å²) in [5.74, 6) is 0. The lowest BCUT2D eigenvalue weighted by Crippen LogP contribution is -2.26. The van der Waals surface area contributed by atoms with Gasteiger partial charge in [-0.2, -0.15) is 0 Å². The molecule has 0 atom stereocenters. The highest BCUT2D eigenvalue weighted by Crippen LogP contribution is 2.24. The molecule has 20 heavy (non-hydrogen) atoms. The van der Waals surface area contributed by atoms with Crippen LogP contribution in [-0.2, 0) is 12.8 Å². The van der Waals surface area contributed by atoms with Crippen LogP contribution in [0, 0.1) is 0 Å². The summed E-state index contributed by atoms with van der Waals surface area (Å²) in [6.07, 6.45) is 6.53. The Bertz CT molecular complexity index is 564. The largest absolute Gasteiger partial charge is 0.375 e. The smallest absolute Gasteiger partial charge is 0.180 e. The van der Waals surface area contributed by atoms with E-state index in [2.05, 4.69) is 46.3 Å². The predicted molar refractivity (Wildman–Crippen MR) is 85.9 cm³/mol. The summed E-state index contributed by atoms with van der Waals surface area (Å²) in [6.45, 7) is 3.16. The van der Waals surface area contributed by atoms with E-state index < -0.39 is 0 Å². The van der Waals surface area contributed by atoms with Crippen LogP contribution >= 0.6 is 11.3 Å². The maximum Gasteiger partial charge on any atom is 0.180 e. The Morgan fingerprint density at radius 1 is 1.20 bits per heavy atom. The Hall–Kier alpha value is -1.65. The summed E-state index contributed by atoms with van der Waals surface area (Å²) in [6, 6.07) is 10.4. The molecule has 3 rings (SSSR count). The minimum absolute atomic E-state index is 0.715. The number of benzene rings is 1. The predicted octanol–water partition coefficient (Wildman–Crippen LogP) is 2.84. The van der Waals surface area contributed by atoms with Gasteiger partial charge in [0.05, 0.1) is 5.69 Å². The number of hydrogen-bond acceptors (Lipinski definition) is 4. The number of anilines is 1. The van der Waals surface area contributed by atoms with Gasteiger partial charge in [0.2, 0.25) is 0 Å². The molecule has 0 saturated heterocycles. The standard InChI is InChI=1S/C16H19N3S/c17-16-18-14-8-11-19(12-9-15(14)20-16)10-4-7-13-5-2-1-3-6-13/h1-7H,8-12H2,(H2,17,18)/b7-4+.